The number of hydrogen-bond donors (Lipinski definition) is 0. The fraction of sp³-hybridized carbons (Fsp3) is 0.0952. The summed E-state index contributed by atoms with van der Waals surface area (Å²) in [6, 6.07) is 24.4. The number of para-hydroxylation sites is 1. The van der Waals surface area contributed by atoms with E-state index in [1.54, 1.807) is 17.0 Å². The quantitative estimate of drug-likeness (QED) is 0.501. The molecule has 0 radical (unpaired) electrons. The summed E-state index contributed by atoms with van der Waals surface area (Å²) in [6.07, 6.45) is 0. The van der Waals surface area contributed by atoms with Crippen LogP contribution in [0.15, 0.2) is 83.3 Å². The Labute approximate surface area is 166 Å². The molecule has 3 rings (SSSR count). The molecule has 0 N–H and O–H groups in total. The lowest BCUT2D eigenvalue weighted by atomic mass is 10.2. The fourth-order valence-electron chi connectivity index (χ4n) is 2.48. The van der Waals surface area contributed by atoms with Crippen molar-refractivity contribution in [3.63, 3.8) is 0 Å². The lowest BCUT2D eigenvalue weighted by Crippen LogP contribution is -2.34. The smallest absolute Gasteiger partial charge is 0.265 e. The van der Waals surface area contributed by atoms with Gasteiger partial charge in [0.25, 0.3) is 5.91 Å². The molecule has 0 unspecified atom stereocenters. The molecule has 0 saturated heterocycles. The van der Waals surface area contributed by atoms with Gasteiger partial charge in [-0.25, -0.2) is 0 Å². The van der Waals surface area contributed by atoms with Crippen molar-refractivity contribution in [2.24, 2.45) is 0 Å². The second kappa shape index (κ2) is 8.88. The molecule has 0 aromatic heterocycles. The minimum atomic E-state index is -0.140. The lowest BCUT2D eigenvalue weighted by Gasteiger charge is -2.23. The highest BCUT2D eigenvalue weighted by atomic mass is 79.9. The number of benzene rings is 3. The summed E-state index contributed by atoms with van der Waals surface area (Å²) in [4.78, 5) is 14.5. The molecule has 26 heavy (non-hydrogen) atoms. The van der Waals surface area contributed by atoms with Crippen molar-refractivity contribution >= 4 is 39.1 Å². The monoisotopic (exact) mass is 429 g/mol. The first kappa shape index (κ1) is 18.5. The van der Waals surface area contributed by atoms with E-state index in [-0.39, 0.29) is 12.5 Å². The summed E-state index contributed by atoms with van der Waals surface area (Å²) >= 11 is 9.54. The van der Waals surface area contributed by atoms with Gasteiger partial charge in [-0.1, -0.05) is 63.9 Å². The summed E-state index contributed by atoms with van der Waals surface area (Å²) in [5, 5.41) is 0.583. The Bertz CT molecular complexity index is 869. The van der Waals surface area contributed by atoms with Gasteiger partial charge in [-0.3, -0.25) is 4.79 Å². The van der Waals surface area contributed by atoms with Gasteiger partial charge in [0.1, 0.15) is 5.75 Å². The first-order valence-electron chi connectivity index (χ1n) is 8.10. The number of halogens is 2. The molecule has 0 atom stereocenters. The normalized spacial score (nSPS) is 10.4. The number of carbonyl (C=O) groups is 1. The van der Waals surface area contributed by atoms with Crippen molar-refractivity contribution in [2.45, 2.75) is 6.54 Å². The van der Waals surface area contributed by atoms with E-state index in [1.165, 1.54) is 0 Å². The third-order valence-corrected chi connectivity index (χ3v) is 4.54. The predicted molar refractivity (Wildman–Crippen MR) is 109 cm³/mol. The second-order valence-corrected chi connectivity index (χ2v) is 7.04. The second-order valence-electron chi connectivity index (χ2n) is 5.69. The van der Waals surface area contributed by atoms with E-state index in [9.17, 15) is 4.79 Å². The number of nitrogens with zero attached hydrogens (tertiary/aromatic N) is 1. The molecule has 3 aromatic rings. The number of anilines is 1. The van der Waals surface area contributed by atoms with Gasteiger partial charge in [0.05, 0.1) is 6.54 Å². The van der Waals surface area contributed by atoms with Crippen molar-refractivity contribution < 1.29 is 9.53 Å². The van der Waals surface area contributed by atoms with Crippen molar-refractivity contribution in [1.29, 1.82) is 0 Å². The molecular formula is C21H17BrClNO2. The molecule has 1 amide bonds. The van der Waals surface area contributed by atoms with Gasteiger partial charge in [-0.15, -0.1) is 0 Å². The third kappa shape index (κ3) is 5.10. The molecule has 0 saturated carbocycles. The summed E-state index contributed by atoms with van der Waals surface area (Å²) in [7, 11) is 0. The average molecular weight is 431 g/mol. The van der Waals surface area contributed by atoms with E-state index in [0.29, 0.717) is 17.3 Å². The van der Waals surface area contributed by atoms with E-state index in [1.807, 2.05) is 66.7 Å². The molecule has 132 valence electrons. The molecule has 0 bridgehead atoms. The van der Waals surface area contributed by atoms with E-state index < -0.39 is 0 Å². The van der Waals surface area contributed by atoms with Crippen LogP contribution in [0.1, 0.15) is 5.56 Å². The first-order chi connectivity index (χ1) is 12.6. The van der Waals surface area contributed by atoms with E-state index in [0.717, 1.165) is 15.7 Å². The molecule has 0 fully saturated rings. The Morgan fingerprint density at radius 2 is 1.69 bits per heavy atom. The van der Waals surface area contributed by atoms with Crippen LogP contribution in [0.2, 0.25) is 5.02 Å². The number of hydrogen-bond acceptors (Lipinski definition) is 2. The first-order valence-corrected chi connectivity index (χ1v) is 9.27. The molecule has 5 heteroatoms. The van der Waals surface area contributed by atoms with Crippen molar-refractivity contribution in [2.75, 3.05) is 11.5 Å². The lowest BCUT2D eigenvalue weighted by molar-refractivity contribution is -0.120. The van der Waals surface area contributed by atoms with Gasteiger partial charge in [0.2, 0.25) is 0 Å². The van der Waals surface area contributed by atoms with Crippen LogP contribution in [0.3, 0.4) is 0 Å². The van der Waals surface area contributed by atoms with E-state index in [2.05, 4.69) is 15.9 Å². The van der Waals surface area contributed by atoms with Crippen LogP contribution in [0.25, 0.3) is 0 Å². The maximum absolute atomic E-state index is 12.8. The molecule has 3 aromatic carbocycles. The molecule has 0 aliphatic carbocycles. The molecular weight excluding hydrogens is 414 g/mol. The van der Waals surface area contributed by atoms with Crippen LogP contribution in [0, 0.1) is 0 Å². The zero-order valence-electron chi connectivity index (χ0n) is 13.9. The van der Waals surface area contributed by atoms with Gasteiger partial charge in [-0.2, -0.15) is 0 Å². The zero-order chi connectivity index (χ0) is 18.4. The van der Waals surface area contributed by atoms with Gasteiger partial charge in [0.15, 0.2) is 6.61 Å². The molecule has 0 heterocycles. The van der Waals surface area contributed by atoms with Gasteiger partial charge in [0, 0.05) is 15.2 Å². The number of ether oxygens (including phenoxy) is 1. The maximum atomic E-state index is 12.8. The number of rotatable bonds is 6. The predicted octanol–water partition coefficient (Wildman–Crippen LogP) is 5.71. The van der Waals surface area contributed by atoms with Crippen molar-refractivity contribution in [1.82, 2.24) is 0 Å². The molecule has 3 nitrogen and oxygen atoms in total. The Morgan fingerprint density at radius 3 is 2.38 bits per heavy atom. The minimum absolute atomic E-state index is 0.0486. The molecule has 0 aliphatic rings. The van der Waals surface area contributed by atoms with Crippen molar-refractivity contribution in [3.05, 3.63) is 93.9 Å². The molecule has 0 spiro atoms. The average Bonchev–Trinajstić information content (AvgIpc) is 2.66. The van der Waals surface area contributed by atoms with Crippen LogP contribution in [0.4, 0.5) is 5.69 Å². The van der Waals surface area contributed by atoms with Crippen LogP contribution in [-0.2, 0) is 11.3 Å². The Morgan fingerprint density at radius 1 is 0.962 bits per heavy atom. The number of carbonyl (C=O) groups excluding carboxylic acids is 1. The Balaban J connectivity index is 1.79. The largest absolute Gasteiger partial charge is 0.484 e. The summed E-state index contributed by atoms with van der Waals surface area (Å²) < 4.78 is 6.62. The van der Waals surface area contributed by atoms with Crippen LogP contribution < -0.4 is 9.64 Å². The Kier molecular flexibility index (Phi) is 6.31. The third-order valence-electron chi connectivity index (χ3n) is 3.78. The van der Waals surface area contributed by atoms with Gasteiger partial charge < -0.3 is 9.64 Å². The number of amides is 1. The maximum Gasteiger partial charge on any atom is 0.265 e. The molecule has 0 aliphatic heterocycles. The van der Waals surface area contributed by atoms with Gasteiger partial charge in [-0.05, 0) is 48.0 Å². The van der Waals surface area contributed by atoms with E-state index >= 15 is 0 Å². The Hall–Kier alpha value is -2.30. The fourth-order valence-corrected chi connectivity index (χ4v) is 2.93. The zero-order valence-corrected chi connectivity index (χ0v) is 16.3. The van der Waals surface area contributed by atoms with E-state index in [4.69, 9.17) is 16.3 Å². The standard InChI is InChI=1S/C21H17BrClNO2/c22-17-11-9-16(10-12-17)14-24(19-6-4-5-18(23)13-19)21(25)15-26-20-7-2-1-3-8-20/h1-13H,14-15H2. The highest BCUT2D eigenvalue weighted by Crippen LogP contribution is 2.23. The highest BCUT2D eigenvalue weighted by Gasteiger charge is 2.17. The van der Waals surface area contributed by atoms with Gasteiger partial charge >= 0.3 is 0 Å². The SMILES string of the molecule is O=C(COc1ccccc1)N(Cc1ccc(Br)cc1)c1cccc(Cl)c1. The summed E-state index contributed by atoms with van der Waals surface area (Å²) in [5.41, 5.74) is 1.75. The topological polar surface area (TPSA) is 29.5 Å². The van der Waals surface area contributed by atoms with Crippen LogP contribution >= 0.6 is 27.5 Å². The van der Waals surface area contributed by atoms with Crippen LogP contribution in [-0.4, -0.2) is 12.5 Å². The minimum Gasteiger partial charge on any atom is -0.484 e. The van der Waals surface area contributed by atoms with Crippen LogP contribution in [0.5, 0.6) is 5.75 Å². The summed E-state index contributed by atoms with van der Waals surface area (Å²) in [5.74, 6) is 0.523. The highest BCUT2D eigenvalue weighted by molar-refractivity contribution is 9.10. The van der Waals surface area contributed by atoms with Crippen molar-refractivity contribution in [3.8, 4) is 5.75 Å². The summed E-state index contributed by atoms with van der Waals surface area (Å²) in [6.45, 7) is 0.387.